The molecule has 0 aromatic heterocycles. The smallest absolute Gasteiger partial charge is 0.233 e. The summed E-state index contributed by atoms with van der Waals surface area (Å²) in [7, 11) is 0. The maximum absolute atomic E-state index is 12.3. The van der Waals surface area contributed by atoms with Crippen molar-refractivity contribution in [1.82, 2.24) is 0 Å². The summed E-state index contributed by atoms with van der Waals surface area (Å²) in [5.74, 6) is 1.06. The highest BCUT2D eigenvalue weighted by Gasteiger charge is 2.67. The van der Waals surface area contributed by atoms with Crippen LogP contribution in [0.3, 0.4) is 0 Å². The Morgan fingerprint density at radius 2 is 1.85 bits per heavy atom. The highest BCUT2D eigenvalue weighted by molar-refractivity contribution is 9.10. The van der Waals surface area contributed by atoms with Crippen LogP contribution in [0.1, 0.15) is 13.3 Å². The molecule has 1 atom stereocenters. The summed E-state index contributed by atoms with van der Waals surface area (Å²) >= 11 is 15.4. The number of amides is 1. The fourth-order valence-electron chi connectivity index (χ4n) is 2.07. The van der Waals surface area contributed by atoms with E-state index in [1.165, 1.54) is 0 Å². The number of benzene rings is 1. The van der Waals surface area contributed by atoms with Crippen molar-refractivity contribution < 1.29 is 14.3 Å². The number of nitrogens with one attached hydrogen (secondary N) is 1. The molecule has 0 bridgehead atoms. The molecular weight excluding hydrogens is 369 g/mol. The van der Waals surface area contributed by atoms with Gasteiger partial charge in [0.15, 0.2) is 11.5 Å². The van der Waals surface area contributed by atoms with E-state index in [4.69, 9.17) is 32.7 Å². The molecule has 2 aliphatic rings. The van der Waals surface area contributed by atoms with Crippen LogP contribution < -0.4 is 14.8 Å². The van der Waals surface area contributed by atoms with Crippen molar-refractivity contribution in [2.45, 2.75) is 17.7 Å². The van der Waals surface area contributed by atoms with E-state index in [2.05, 4.69) is 21.2 Å². The van der Waals surface area contributed by atoms with E-state index >= 15 is 0 Å². The third-order valence-corrected chi connectivity index (χ3v) is 5.40. The van der Waals surface area contributed by atoms with Crippen LogP contribution in [0.25, 0.3) is 0 Å². The largest absolute Gasteiger partial charge is 0.486 e. The minimum Gasteiger partial charge on any atom is -0.486 e. The molecule has 108 valence electrons. The zero-order valence-electron chi connectivity index (χ0n) is 10.6. The van der Waals surface area contributed by atoms with Crippen LogP contribution in [0.5, 0.6) is 11.5 Å². The molecule has 1 unspecified atom stereocenters. The fraction of sp³-hybridized carbons (Fsp3) is 0.462. The lowest BCUT2D eigenvalue weighted by Crippen LogP contribution is -2.26. The van der Waals surface area contributed by atoms with E-state index in [1.54, 1.807) is 19.1 Å². The first-order valence-corrected chi connectivity index (χ1v) is 7.67. The number of fused-ring (bicyclic) bond motifs is 1. The van der Waals surface area contributed by atoms with Gasteiger partial charge >= 0.3 is 0 Å². The van der Waals surface area contributed by atoms with Crippen LogP contribution in [0.4, 0.5) is 5.69 Å². The average molecular weight is 381 g/mol. The summed E-state index contributed by atoms with van der Waals surface area (Å²) in [6, 6.07) is 3.50. The van der Waals surface area contributed by atoms with Crippen molar-refractivity contribution in [3.05, 3.63) is 16.6 Å². The Kier molecular flexibility index (Phi) is 3.35. The molecule has 20 heavy (non-hydrogen) atoms. The minimum atomic E-state index is -0.989. The van der Waals surface area contributed by atoms with Crippen LogP contribution >= 0.6 is 39.1 Å². The van der Waals surface area contributed by atoms with Gasteiger partial charge in [-0.25, -0.2) is 0 Å². The molecule has 1 aromatic carbocycles. The molecule has 0 spiro atoms. The number of hydrogen-bond donors (Lipinski definition) is 1. The number of anilines is 1. The first-order valence-electron chi connectivity index (χ1n) is 6.12. The van der Waals surface area contributed by atoms with Gasteiger partial charge in [0.05, 0.1) is 11.1 Å². The Balaban J connectivity index is 1.83. The number of alkyl halides is 2. The molecule has 1 fully saturated rings. The number of halogens is 3. The van der Waals surface area contributed by atoms with Crippen molar-refractivity contribution in [3.8, 4) is 11.5 Å². The number of ether oxygens (including phenoxy) is 2. The lowest BCUT2D eigenvalue weighted by atomic mass is 10.1. The highest BCUT2D eigenvalue weighted by atomic mass is 79.9. The zero-order valence-corrected chi connectivity index (χ0v) is 13.7. The quantitative estimate of drug-likeness (QED) is 0.795. The first kappa shape index (κ1) is 14.3. The SMILES string of the molecule is CC1(C(=O)Nc2cc3c(cc2Br)OCCO3)CC1(Cl)Cl. The number of rotatable bonds is 2. The Hall–Kier alpha value is -0.650. The monoisotopic (exact) mass is 379 g/mol. The summed E-state index contributed by atoms with van der Waals surface area (Å²) in [5, 5.41) is 2.83. The topological polar surface area (TPSA) is 47.6 Å². The molecule has 4 nitrogen and oxygen atoms in total. The van der Waals surface area contributed by atoms with Crippen LogP contribution in [0.2, 0.25) is 0 Å². The van der Waals surface area contributed by atoms with E-state index in [0.717, 1.165) is 0 Å². The number of carbonyl (C=O) groups excluding carboxylic acids is 1. The van der Waals surface area contributed by atoms with Crippen molar-refractivity contribution in [2.75, 3.05) is 18.5 Å². The third kappa shape index (κ3) is 2.26. The summed E-state index contributed by atoms with van der Waals surface area (Å²) in [4.78, 5) is 12.3. The van der Waals surface area contributed by atoms with Gasteiger partial charge in [0.2, 0.25) is 5.91 Å². The molecule has 1 saturated carbocycles. The molecule has 1 aliphatic heterocycles. The second-order valence-corrected chi connectivity index (χ2v) is 7.48. The second-order valence-electron chi connectivity index (χ2n) is 5.14. The van der Waals surface area contributed by atoms with E-state index in [1.807, 2.05) is 0 Å². The van der Waals surface area contributed by atoms with Crippen LogP contribution in [0, 0.1) is 5.41 Å². The molecule has 1 amide bonds. The van der Waals surface area contributed by atoms with Crippen molar-refractivity contribution in [3.63, 3.8) is 0 Å². The molecule has 0 saturated heterocycles. The molecule has 7 heteroatoms. The Bertz CT molecular complexity index is 593. The van der Waals surface area contributed by atoms with Gasteiger partial charge in [0.25, 0.3) is 0 Å². The normalized spacial score (nSPS) is 26.0. The lowest BCUT2D eigenvalue weighted by molar-refractivity contribution is -0.120. The fourth-order valence-corrected chi connectivity index (χ4v) is 3.19. The molecule has 1 heterocycles. The summed E-state index contributed by atoms with van der Waals surface area (Å²) in [5.41, 5.74) is -0.153. The molecule has 0 radical (unpaired) electrons. The summed E-state index contributed by atoms with van der Waals surface area (Å²) in [6.07, 6.45) is 0.442. The van der Waals surface area contributed by atoms with E-state index in [9.17, 15) is 4.79 Å². The van der Waals surface area contributed by atoms with Crippen molar-refractivity contribution in [1.29, 1.82) is 0 Å². The molecule has 1 aromatic rings. The van der Waals surface area contributed by atoms with Gasteiger partial charge in [-0.3, -0.25) is 4.79 Å². The highest BCUT2D eigenvalue weighted by Crippen LogP contribution is 2.64. The number of carbonyl (C=O) groups is 1. The van der Waals surface area contributed by atoms with E-state index in [0.29, 0.717) is 41.3 Å². The minimum absolute atomic E-state index is 0.208. The molecule has 3 rings (SSSR count). The molecule has 1 aliphatic carbocycles. The van der Waals surface area contributed by atoms with Gasteiger partial charge in [0.1, 0.15) is 17.5 Å². The second kappa shape index (κ2) is 4.68. The number of hydrogen-bond acceptors (Lipinski definition) is 3. The molecule has 1 N–H and O–H groups in total. The van der Waals surface area contributed by atoms with E-state index in [-0.39, 0.29) is 5.91 Å². The predicted molar refractivity (Wildman–Crippen MR) is 80.9 cm³/mol. The van der Waals surface area contributed by atoms with Gasteiger partial charge in [-0.05, 0) is 29.3 Å². The standard InChI is InChI=1S/C13H12BrCl2NO3/c1-12(6-13(12,15)16)11(18)17-8-5-10-9(4-7(8)14)19-2-3-20-10/h4-5H,2-3,6H2,1H3,(H,17,18). The predicted octanol–water partition coefficient (Wildman–Crippen LogP) is 3.74. The van der Waals surface area contributed by atoms with Gasteiger partial charge in [-0.1, -0.05) is 0 Å². The van der Waals surface area contributed by atoms with Gasteiger partial charge < -0.3 is 14.8 Å². The van der Waals surface area contributed by atoms with Gasteiger partial charge in [-0.2, -0.15) is 0 Å². The van der Waals surface area contributed by atoms with Crippen LogP contribution in [0.15, 0.2) is 16.6 Å². The maximum atomic E-state index is 12.3. The van der Waals surface area contributed by atoms with Crippen molar-refractivity contribution in [2.24, 2.45) is 5.41 Å². The van der Waals surface area contributed by atoms with Crippen molar-refractivity contribution >= 4 is 50.7 Å². The summed E-state index contributed by atoms with van der Waals surface area (Å²) < 4.78 is 10.7. The zero-order chi connectivity index (χ0) is 14.5. The van der Waals surface area contributed by atoms with Crippen LogP contribution in [-0.2, 0) is 4.79 Å². The lowest BCUT2D eigenvalue weighted by Gasteiger charge is -2.21. The first-order chi connectivity index (χ1) is 9.33. The maximum Gasteiger partial charge on any atom is 0.233 e. The van der Waals surface area contributed by atoms with Gasteiger partial charge in [-0.15, -0.1) is 23.2 Å². The Morgan fingerprint density at radius 1 is 1.30 bits per heavy atom. The average Bonchev–Trinajstić information content (AvgIpc) is 2.91. The summed E-state index contributed by atoms with van der Waals surface area (Å²) in [6.45, 7) is 2.75. The third-order valence-electron chi connectivity index (χ3n) is 3.64. The Labute approximate surface area is 134 Å². The van der Waals surface area contributed by atoms with Crippen LogP contribution in [-0.4, -0.2) is 23.5 Å². The molecular formula is C13H12BrCl2NO3. The van der Waals surface area contributed by atoms with E-state index < -0.39 is 9.75 Å². The Morgan fingerprint density at radius 3 is 2.40 bits per heavy atom. The van der Waals surface area contributed by atoms with Gasteiger partial charge in [0, 0.05) is 16.6 Å².